The number of carboxylic acids is 1. The summed E-state index contributed by atoms with van der Waals surface area (Å²) in [5.41, 5.74) is 4.01. The van der Waals surface area contributed by atoms with Gasteiger partial charge in [-0.05, 0) is 50.3 Å². The van der Waals surface area contributed by atoms with Crippen LogP contribution in [0.4, 0.5) is 4.79 Å². The maximum absolute atomic E-state index is 12.6. The van der Waals surface area contributed by atoms with Gasteiger partial charge in [0.25, 0.3) is 0 Å². The first-order valence-corrected chi connectivity index (χ1v) is 12.1. The summed E-state index contributed by atoms with van der Waals surface area (Å²) in [4.78, 5) is 30.2. The lowest BCUT2D eigenvalue weighted by molar-refractivity contribution is -0.143. The predicted octanol–water partition coefficient (Wildman–Crippen LogP) is 4.58. The van der Waals surface area contributed by atoms with E-state index in [1.807, 2.05) is 56.4 Å². The Balaban J connectivity index is 1.43. The molecule has 1 saturated carbocycles. The first kappa shape index (κ1) is 25.2. The number of hydrogen-bond donors (Lipinski definition) is 1. The summed E-state index contributed by atoms with van der Waals surface area (Å²) in [5.74, 6) is -0.459. The Bertz CT molecular complexity index is 1210. The monoisotopic (exact) mass is 492 g/mol. The van der Waals surface area contributed by atoms with Crippen molar-refractivity contribution in [3.63, 3.8) is 0 Å². The van der Waals surface area contributed by atoms with Crippen molar-refractivity contribution in [1.29, 1.82) is 0 Å². The van der Waals surface area contributed by atoms with Crippen molar-refractivity contribution in [2.45, 2.75) is 51.9 Å². The second-order valence-electron chi connectivity index (χ2n) is 9.25. The predicted molar refractivity (Wildman–Crippen MR) is 133 cm³/mol. The van der Waals surface area contributed by atoms with Crippen molar-refractivity contribution in [2.24, 2.45) is 13.0 Å². The number of aryl methyl sites for hydroxylation is 2. The lowest BCUT2D eigenvalue weighted by Gasteiger charge is -2.27. The van der Waals surface area contributed by atoms with E-state index in [4.69, 9.17) is 14.5 Å². The van der Waals surface area contributed by atoms with Gasteiger partial charge < -0.3 is 19.5 Å². The van der Waals surface area contributed by atoms with Gasteiger partial charge in [-0.25, -0.2) is 9.78 Å². The highest BCUT2D eigenvalue weighted by atomic mass is 16.6. The van der Waals surface area contributed by atoms with E-state index in [1.54, 1.807) is 17.9 Å². The van der Waals surface area contributed by atoms with Crippen LogP contribution in [0.3, 0.4) is 0 Å². The quantitative estimate of drug-likeness (QED) is 0.490. The SMILES string of the molecule is Cc1nc(-c2cnn(C)c2CN(C)C(=O)OCc2ccccc2)ccc1O[C@H]1CCC[C@H](C(=O)O)C1. The maximum Gasteiger partial charge on any atom is 0.410 e. The molecule has 0 radical (unpaired) electrons. The first-order valence-electron chi connectivity index (χ1n) is 12.1. The molecule has 1 aliphatic rings. The zero-order chi connectivity index (χ0) is 25.7. The number of hydrogen-bond acceptors (Lipinski definition) is 6. The molecule has 0 saturated heterocycles. The number of nitrogens with zero attached hydrogens (tertiary/aromatic N) is 4. The van der Waals surface area contributed by atoms with Crippen molar-refractivity contribution in [2.75, 3.05) is 7.05 Å². The van der Waals surface area contributed by atoms with Gasteiger partial charge in [-0.3, -0.25) is 9.48 Å². The van der Waals surface area contributed by atoms with Gasteiger partial charge in [-0.2, -0.15) is 5.10 Å². The summed E-state index contributed by atoms with van der Waals surface area (Å²) >= 11 is 0. The molecule has 190 valence electrons. The van der Waals surface area contributed by atoms with E-state index in [1.165, 1.54) is 4.90 Å². The molecule has 2 atom stereocenters. The summed E-state index contributed by atoms with van der Waals surface area (Å²) in [7, 11) is 3.52. The largest absolute Gasteiger partial charge is 0.489 e. The van der Waals surface area contributed by atoms with Crippen LogP contribution in [0.15, 0.2) is 48.7 Å². The van der Waals surface area contributed by atoms with Gasteiger partial charge in [0, 0.05) is 19.7 Å². The van der Waals surface area contributed by atoms with Gasteiger partial charge in [-0.15, -0.1) is 0 Å². The topological polar surface area (TPSA) is 107 Å². The maximum atomic E-state index is 12.6. The van der Waals surface area contributed by atoms with Gasteiger partial charge in [0.2, 0.25) is 0 Å². The molecule has 1 N–H and O–H groups in total. The lowest BCUT2D eigenvalue weighted by atomic mass is 9.87. The zero-order valence-corrected chi connectivity index (χ0v) is 20.9. The molecule has 0 unspecified atom stereocenters. The number of ether oxygens (including phenoxy) is 2. The highest BCUT2D eigenvalue weighted by molar-refractivity contribution is 5.70. The van der Waals surface area contributed by atoms with Crippen LogP contribution >= 0.6 is 0 Å². The van der Waals surface area contributed by atoms with Gasteiger partial charge >= 0.3 is 12.1 Å². The number of rotatable bonds is 8. The van der Waals surface area contributed by atoms with Crippen molar-refractivity contribution in [3.05, 3.63) is 65.6 Å². The number of aliphatic carboxylic acids is 1. The van der Waals surface area contributed by atoms with Crippen molar-refractivity contribution in [3.8, 4) is 17.0 Å². The van der Waals surface area contributed by atoms with Crippen LogP contribution in [0.1, 0.15) is 42.6 Å². The lowest BCUT2D eigenvalue weighted by Crippen LogP contribution is -2.29. The highest BCUT2D eigenvalue weighted by Crippen LogP contribution is 2.31. The molecule has 9 heteroatoms. The number of carbonyl (C=O) groups excluding carboxylic acids is 1. The molecule has 2 aromatic heterocycles. The van der Waals surface area contributed by atoms with E-state index < -0.39 is 12.1 Å². The second kappa shape index (κ2) is 11.2. The van der Waals surface area contributed by atoms with Crippen LogP contribution in [0, 0.1) is 12.8 Å². The second-order valence-corrected chi connectivity index (χ2v) is 9.25. The third kappa shape index (κ3) is 6.02. The molecule has 0 spiro atoms. The number of aromatic nitrogens is 3. The fourth-order valence-corrected chi connectivity index (χ4v) is 4.46. The minimum absolute atomic E-state index is 0.129. The van der Waals surface area contributed by atoms with Crippen LogP contribution in [0.25, 0.3) is 11.3 Å². The van der Waals surface area contributed by atoms with E-state index in [9.17, 15) is 14.7 Å². The number of amides is 1. The van der Waals surface area contributed by atoms with Crippen molar-refractivity contribution < 1.29 is 24.2 Å². The van der Waals surface area contributed by atoms with Crippen LogP contribution < -0.4 is 4.74 Å². The average Bonchev–Trinajstić information content (AvgIpc) is 3.24. The Morgan fingerprint density at radius 3 is 2.67 bits per heavy atom. The fraction of sp³-hybridized carbons (Fsp3) is 0.407. The highest BCUT2D eigenvalue weighted by Gasteiger charge is 2.28. The van der Waals surface area contributed by atoms with Gasteiger partial charge in [-0.1, -0.05) is 30.3 Å². The van der Waals surface area contributed by atoms with Crippen molar-refractivity contribution in [1.82, 2.24) is 19.7 Å². The number of carboxylic acid groups (broad SMARTS) is 1. The molecule has 0 aliphatic heterocycles. The molecule has 1 aromatic carbocycles. The molecule has 2 heterocycles. The van der Waals surface area contributed by atoms with E-state index in [0.717, 1.165) is 41.1 Å². The van der Waals surface area contributed by atoms with Crippen LogP contribution in [-0.4, -0.2) is 50.0 Å². The Hall–Kier alpha value is -3.88. The van der Waals surface area contributed by atoms with E-state index >= 15 is 0 Å². The molecule has 0 bridgehead atoms. The zero-order valence-electron chi connectivity index (χ0n) is 20.9. The minimum atomic E-state index is -0.758. The molecule has 36 heavy (non-hydrogen) atoms. The molecule has 3 aromatic rings. The van der Waals surface area contributed by atoms with Gasteiger partial charge in [0.1, 0.15) is 12.4 Å². The summed E-state index contributed by atoms with van der Waals surface area (Å²) in [6.45, 7) is 2.38. The summed E-state index contributed by atoms with van der Waals surface area (Å²) in [6.07, 6.45) is 4.07. The molecular weight excluding hydrogens is 460 g/mol. The fourth-order valence-electron chi connectivity index (χ4n) is 4.46. The molecule has 1 fully saturated rings. The Labute approximate surface area is 210 Å². The van der Waals surface area contributed by atoms with Crippen LogP contribution in [0.2, 0.25) is 0 Å². The molecule has 1 amide bonds. The van der Waals surface area contributed by atoms with Gasteiger partial charge in [0.15, 0.2) is 0 Å². The Kier molecular flexibility index (Phi) is 7.87. The molecular formula is C27H32N4O5. The standard InChI is InChI=1S/C27H32N4O5/c1-18-25(36-21-11-7-10-20(14-21)26(32)33)13-12-23(29-18)22-15-28-31(3)24(22)16-30(2)27(34)35-17-19-8-5-4-6-9-19/h4-6,8-9,12-13,15,20-21H,7,10-11,14,16-17H2,1-3H3,(H,32,33)/t20-,21-/m0/s1. The van der Waals surface area contributed by atoms with Gasteiger partial charge in [0.05, 0.1) is 41.8 Å². The average molecular weight is 493 g/mol. The smallest absolute Gasteiger partial charge is 0.410 e. The minimum Gasteiger partial charge on any atom is -0.489 e. The third-order valence-electron chi connectivity index (χ3n) is 6.55. The summed E-state index contributed by atoms with van der Waals surface area (Å²) in [6, 6.07) is 13.3. The Morgan fingerprint density at radius 1 is 1.17 bits per heavy atom. The molecule has 9 nitrogen and oxygen atoms in total. The van der Waals surface area contributed by atoms with Crippen LogP contribution in [-0.2, 0) is 29.7 Å². The summed E-state index contributed by atoms with van der Waals surface area (Å²) in [5, 5.41) is 13.7. The third-order valence-corrected chi connectivity index (χ3v) is 6.55. The normalized spacial score (nSPS) is 17.4. The van der Waals surface area contributed by atoms with E-state index in [-0.39, 0.29) is 18.6 Å². The van der Waals surface area contributed by atoms with Crippen molar-refractivity contribution >= 4 is 12.1 Å². The summed E-state index contributed by atoms with van der Waals surface area (Å²) < 4.78 is 13.3. The number of pyridine rings is 1. The number of benzene rings is 1. The van der Waals surface area contributed by atoms with Crippen LogP contribution in [0.5, 0.6) is 5.75 Å². The Morgan fingerprint density at radius 2 is 1.94 bits per heavy atom. The first-order chi connectivity index (χ1) is 17.3. The number of carbonyl (C=O) groups is 2. The van der Waals surface area contributed by atoms with E-state index in [0.29, 0.717) is 25.1 Å². The molecule has 1 aliphatic carbocycles. The van der Waals surface area contributed by atoms with E-state index in [2.05, 4.69) is 5.10 Å². The molecule has 4 rings (SSSR count).